The van der Waals surface area contributed by atoms with Gasteiger partial charge in [-0.3, -0.25) is 4.79 Å². The maximum absolute atomic E-state index is 12.7. The van der Waals surface area contributed by atoms with E-state index in [9.17, 15) is 4.79 Å². The van der Waals surface area contributed by atoms with E-state index in [2.05, 4.69) is 24.1 Å². The van der Waals surface area contributed by atoms with Crippen molar-refractivity contribution in [3.63, 3.8) is 0 Å². The Labute approximate surface area is 184 Å². The number of benzene rings is 3. The van der Waals surface area contributed by atoms with Crippen LogP contribution in [0.25, 0.3) is 22.6 Å². The van der Waals surface area contributed by atoms with E-state index in [0.717, 1.165) is 11.1 Å². The fraction of sp³-hybridized carbons (Fsp3) is 0.167. The van der Waals surface area contributed by atoms with Gasteiger partial charge in [-0.2, -0.15) is 0 Å². The summed E-state index contributed by atoms with van der Waals surface area (Å²) in [6.45, 7) is 6.18. The zero-order chi connectivity index (χ0) is 21.4. The van der Waals surface area contributed by atoms with Gasteiger partial charge in [-0.1, -0.05) is 55.2 Å². The molecular formula is C24H20Cl2N2O2. The fourth-order valence-corrected chi connectivity index (χ4v) is 3.71. The minimum Gasteiger partial charge on any atom is -0.435 e. The molecule has 0 aliphatic carbocycles. The third-order valence-electron chi connectivity index (χ3n) is 4.98. The highest BCUT2D eigenvalue weighted by Crippen LogP contribution is 2.33. The third-order valence-corrected chi connectivity index (χ3v) is 5.48. The zero-order valence-corrected chi connectivity index (χ0v) is 18.3. The van der Waals surface area contributed by atoms with Crippen LogP contribution in [0.1, 0.15) is 41.3 Å². The van der Waals surface area contributed by atoms with E-state index in [-0.39, 0.29) is 5.91 Å². The lowest BCUT2D eigenvalue weighted by molar-refractivity contribution is 0.102. The van der Waals surface area contributed by atoms with Crippen LogP contribution in [-0.4, -0.2) is 10.9 Å². The predicted molar refractivity (Wildman–Crippen MR) is 123 cm³/mol. The molecule has 0 saturated heterocycles. The van der Waals surface area contributed by atoms with Gasteiger partial charge in [-0.15, -0.1) is 0 Å². The number of anilines is 1. The fourth-order valence-electron chi connectivity index (χ4n) is 3.19. The van der Waals surface area contributed by atoms with Crippen LogP contribution in [0.3, 0.4) is 0 Å². The van der Waals surface area contributed by atoms with Crippen LogP contribution in [0, 0.1) is 6.92 Å². The Morgan fingerprint density at radius 3 is 2.47 bits per heavy atom. The molecule has 1 amide bonds. The van der Waals surface area contributed by atoms with Crippen LogP contribution in [0.4, 0.5) is 5.69 Å². The van der Waals surface area contributed by atoms with Gasteiger partial charge < -0.3 is 9.73 Å². The van der Waals surface area contributed by atoms with Gasteiger partial charge in [0.2, 0.25) is 5.89 Å². The average molecular weight is 439 g/mol. The Morgan fingerprint density at radius 1 is 1.03 bits per heavy atom. The van der Waals surface area contributed by atoms with Crippen molar-refractivity contribution in [1.82, 2.24) is 4.98 Å². The lowest BCUT2D eigenvalue weighted by Gasteiger charge is -2.11. The highest BCUT2D eigenvalue weighted by Gasteiger charge is 2.15. The van der Waals surface area contributed by atoms with E-state index in [0.29, 0.717) is 44.2 Å². The number of hydrogen-bond acceptors (Lipinski definition) is 3. The topological polar surface area (TPSA) is 55.1 Å². The normalized spacial score (nSPS) is 11.3. The summed E-state index contributed by atoms with van der Waals surface area (Å²) < 4.78 is 5.85. The van der Waals surface area contributed by atoms with Gasteiger partial charge in [-0.25, -0.2) is 4.98 Å². The number of rotatable bonds is 4. The molecule has 3 aromatic carbocycles. The first-order chi connectivity index (χ1) is 14.3. The van der Waals surface area contributed by atoms with Crippen molar-refractivity contribution in [3.8, 4) is 11.5 Å². The molecule has 4 aromatic rings. The Bertz CT molecular complexity index is 1240. The molecule has 0 fully saturated rings. The summed E-state index contributed by atoms with van der Waals surface area (Å²) in [6.07, 6.45) is 0. The first-order valence-corrected chi connectivity index (χ1v) is 10.4. The number of aryl methyl sites for hydroxylation is 1. The van der Waals surface area contributed by atoms with E-state index >= 15 is 0 Å². The summed E-state index contributed by atoms with van der Waals surface area (Å²) in [7, 11) is 0. The summed E-state index contributed by atoms with van der Waals surface area (Å²) in [5.74, 6) is 0.657. The van der Waals surface area contributed by atoms with Crippen LogP contribution in [-0.2, 0) is 0 Å². The molecule has 0 aliphatic heterocycles. The Morgan fingerprint density at radius 2 is 1.77 bits per heavy atom. The number of nitrogens with one attached hydrogen (secondary N) is 1. The molecule has 0 aliphatic rings. The van der Waals surface area contributed by atoms with Crippen molar-refractivity contribution in [1.29, 1.82) is 0 Å². The van der Waals surface area contributed by atoms with Crippen molar-refractivity contribution in [2.45, 2.75) is 26.7 Å². The summed E-state index contributed by atoms with van der Waals surface area (Å²) in [5, 5.41) is 3.88. The van der Waals surface area contributed by atoms with Crippen molar-refractivity contribution in [2.75, 3.05) is 5.32 Å². The van der Waals surface area contributed by atoms with E-state index in [1.165, 1.54) is 5.56 Å². The highest BCUT2D eigenvalue weighted by atomic mass is 35.5. The SMILES string of the molecule is Cc1ccc(-c2nc3cc(Cl)cc(Cl)c3o2)cc1NC(=O)c1ccc(C(C)C)cc1. The third kappa shape index (κ3) is 4.07. The van der Waals surface area contributed by atoms with Crippen LogP contribution < -0.4 is 5.32 Å². The van der Waals surface area contributed by atoms with E-state index in [1.54, 1.807) is 12.1 Å². The molecule has 0 radical (unpaired) electrons. The molecule has 0 saturated carbocycles. The van der Waals surface area contributed by atoms with Gasteiger partial charge in [0.15, 0.2) is 5.58 Å². The molecule has 0 unspecified atom stereocenters. The summed E-state index contributed by atoms with van der Waals surface area (Å²) in [4.78, 5) is 17.2. The van der Waals surface area contributed by atoms with Crippen molar-refractivity contribution in [2.24, 2.45) is 0 Å². The van der Waals surface area contributed by atoms with Crippen molar-refractivity contribution in [3.05, 3.63) is 81.3 Å². The lowest BCUT2D eigenvalue weighted by atomic mass is 10.0. The van der Waals surface area contributed by atoms with E-state index in [1.807, 2.05) is 49.4 Å². The van der Waals surface area contributed by atoms with Crippen LogP contribution in [0.5, 0.6) is 0 Å². The average Bonchev–Trinajstić information content (AvgIpc) is 3.14. The highest BCUT2D eigenvalue weighted by molar-refractivity contribution is 6.38. The largest absolute Gasteiger partial charge is 0.435 e. The first kappa shape index (κ1) is 20.5. The molecule has 4 rings (SSSR count). The summed E-state index contributed by atoms with van der Waals surface area (Å²) >= 11 is 12.3. The molecule has 152 valence electrons. The van der Waals surface area contributed by atoms with Gasteiger partial charge in [0.05, 0.1) is 5.02 Å². The smallest absolute Gasteiger partial charge is 0.255 e. The number of nitrogens with zero attached hydrogens (tertiary/aromatic N) is 1. The Kier molecular flexibility index (Phi) is 5.54. The molecular weight excluding hydrogens is 419 g/mol. The Hall–Kier alpha value is -2.82. The standard InChI is InChI=1S/C24H20Cl2N2O2/c1-13(2)15-6-8-16(9-7-15)23(29)27-20-10-17(5-4-14(20)3)24-28-21-12-18(25)11-19(26)22(21)30-24/h4-13H,1-3H3,(H,27,29). The Balaban J connectivity index is 1.63. The zero-order valence-electron chi connectivity index (χ0n) is 16.8. The maximum atomic E-state index is 12.7. The number of carbonyl (C=O) groups excluding carboxylic acids is 1. The number of carbonyl (C=O) groups is 1. The number of fused-ring (bicyclic) bond motifs is 1. The van der Waals surface area contributed by atoms with Crippen LogP contribution >= 0.6 is 23.2 Å². The summed E-state index contributed by atoms with van der Waals surface area (Å²) in [6, 6.07) is 16.6. The monoisotopic (exact) mass is 438 g/mol. The minimum absolute atomic E-state index is 0.169. The second-order valence-electron chi connectivity index (χ2n) is 7.52. The van der Waals surface area contributed by atoms with Crippen molar-refractivity contribution < 1.29 is 9.21 Å². The first-order valence-electron chi connectivity index (χ1n) is 9.60. The molecule has 0 bridgehead atoms. The molecule has 30 heavy (non-hydrogen) atoms. The molecule has 0 spiro atoms. The predicted octanol–water partition coefficient (Wildman–Crippen LogP) is 7.49. The molecule has 0 atom stereocenters. The lowest BCUT2D eigenvalue weighted by Crippen LogP contribution is -2.13. The van der Waals surface area contributed by atoms with Crippen LogP contribution in [0.2, 0.25) is 10.0 Å². The van der Waals surface area contributed by atoms with Crippen molar-refractivity contribution >= 4 is 45.9 Å². The summed E-state index contributed by atoms with van der Waals surface area (Å²) in [5.41, 5.74) is 5.22. The van der Waals surface area contributed by atoms with E-state index < -0.39 is 0 Å². The molecule has 6 heteroatoms. The molecule has 1 N–H and O–H groups in total. The molecule has 4 nitrogen and oxygen atoms in total. The maximum Gasteiger partial charge on any atom is 0.255 e. The van der Waals surface area contributed by atoms with Crippen LogP contribution in [0.15, 0.2) is 59.0 Å². The second kappa shape index (κ2) is 8.13. The molecule has 1 heterocycles. The molecule has 1 aromatic heterocycles. The minimum atomic E-state index is -0.169. The van der Waals surface area contributed by atoms with Gasteiger partial charge >= 0.3 is 0 Å². The van der Waals surface area contributed by atoms with Gasteiger partial charge in [0.25, 0.3) is 5.91 Å². The van der Waals surface area contributed by atoms with Gasteiger partial charge in [0, 0.05) is 21.8 Å². The number of aromatic nitrogens is 1. The second-order valence-corrected chi connectivity index (χ2v) is 8.36. The number of oxazole rings is 1. The number of hydrogen-bond donors (Lipinski definition) is 1. The van der Waals surface area contributed by atoms with E-state index in [4.69, 9.17) is 27.6 Å². The quantitative estimate of drug-likeness (QED) is 0.359. The number of amides is 1. The van der Waals surface area contributed by atoms with Gasteiger partial charge in [0.1, 0.15) is 5.52 Å². The number of halogens is 2. The van der Waals surface area contributed by atoms with Gasteiger partial charge in [-0.05, 0) is 60.4 Å².